The van der Waals surface area contributed by atoms with Crippen molar-refractivity contribution < 1.29 is 9.53 Å². The van der Waals surface area contributed by atoms with Crippen molar-refractivity contribution in [3.63, 3.8) is 0 Å². The number of ether oxygens (including phenoxy) is 1. The fourth-order valence-corrected chi connectivity index (χ4v) is 3.43. The highest BCUT2D eigenvalue weighted by Crippen LogP contribution is 2.25. The van der Waals surface area contributed by atoms with E-state index in [4.69, 9.17) is 4.74 Å². The summed E-state index contributed by atoms with van der Waals surface area (Å²) < 4.78 is 7.74. The number of carbonyl (C=O) groups is 1. The molecule has 0 radical (unpaired) electrons. The van der Waals surface area contributed by atoms with E-state index in [9.17, 15) is 4.79 Å². The summed E-state index contributed by atoms with van der Waals surface area (Å²) in [6, 6.07) is 21.5. The number of nitrogens with zero attached hydrogens (tertiary/aromatic N) is 3. The molecule has 0 saturated carbocycles. The maximum absolute atomic E-state index is 12.2. The SMILES string of the molecule is Cc1cc(C=NNC(=O)COc2cccc3ccccc23)c(C)n1-c1ccccn1. The van der Waals surface area contributed by atoms with Crippen molar-refractivity contribution in [1.82, 2.24) is 15.0 Å². The van der Waals surface area contributed by atoms with Gasteiger partial charge in [0.2, 0.25) is 0 Å². The van der Waals surface area contributed by atoms with Gasteiger partial charge in [-0.3, -0.25) is 4.79 Å². The van der Waals surface area contributed by atoms with Crippen molar-refractivity contribution in [2.75, 3.05) is 6.61 Å². The van der Waals surface area contributed by atoms with Crippen LogP contribution in [0.15, 0.2) is 78.0 Å². The first-order valence-corrected chi connectivity index (χ1v) is 9.66. The molecule has 30 heavy (non-hydrogen) atoms. The lowest BCUT2D eigenvalue weighted by Gasteiger charge is -2.08. The van der Waals surface area contributed by atoms with Gasteiger partial charge in [0, 0.05) is 28.5 Å². The number of benzene rings is 2. The summed E-state index contributed by atoms with van der Waals surface area (Å²) in [5.74, 6) is 1.20. The zero-order valence-corrected chi connectivity index (χ0v) is 16.9. The number of rotatable bonds is 6. The minimum absolute atomic E-state index is 0.113. The molecule has 2 aromatic heterocycles. The van der Waals surface area contributed by atoms with Crippen LogP contribution in [0.4, 0.5) is 0 Å². The Balaban J connectivity index is 1.40. The van der Waals surface area contributed by atoms with E-state index >= 15 is 0 Å². The van der Waals surface area contributed by atoms with Crippen LogP contribution in [-0.4, -0.2) is 28.3 Å². The lowest BCUT2D eigenvalue weighted by Crippen LogP contribution is -2.24. The van der Waals surface area contributed by atoms with Crippen LogP contribution in [-0.2, 0) is 4.79 Å². The summed E-state index contributed by atoms with van der Waals surface area (Å²) in [5.41, 5.74) is 5.47. The third kappa shape index (κ3) is 4.07. The molecule has 1 amide bonds. The van der Waals surface area contributed by atoms with Gasteiger partial charge in [-0.05, 0) is 43.5 Å². The van der Waals surface area contributed by atoms with Gasteiger partial charge in [-0.15, -0.1) is 0 Å². The van der Waals surface area contributed by atoms with Gasteiger partial charge < -0.3 is 9.30 Å². The molecule has 0 fully saturated rings. The number of aromatic nitrogens is 2. The lowest BCUT2D eigenvalue weighted by molar-refractivity contribution is -0.123. The molecule has 2 heterocycles. The summed E-state index contributed by atoms with van der Waals surface area (Å²) in [7, 11) is 0. The van der Waals surface area contributed by atoms with Crippen LogP contribution in [0.2, 0.25) is 0 Å². The Morgan fingerprint density at radius 3 is 2.73 bits per heavy atom. The average molecular weight is 398 g/mol. The van der Waals surface area contributed by atoms with Crippen LogP contribution < -0.4 is 10.2 Å². The number of hydrogen-bond acceptors (Lipinski definition) is 4. The van der Waals surface area contributed by atoms with Gasteiger partial charge in [-0.2, -0.15) is 5.10 Å². The number of amides is 1. The highest BCUT2D eigenvalue weighted by Gasteiger charge is 2.10. The van der Waals surface area contributed by atoms with Crippen molar-refractivity contribution in [1.29, 1.82) is 0 Å². The summed E-state index contributed by atoms with van der Waals surface area (Å²) in [4.78, 5) is 16.6. The number of pyridine rings is 1. The van der Waals surface area contributed by atoms with E-state index in [1.165, 1.54) is 0 Å². The van der Waals surface area contributed by atoms with Crippen LogP contribution in [0.25, 0.3) is 16.6 Å². The van der Waals surface area contributed by atoms with Crippen LogP contribution in [0, 0.1) is 13.8 Å². The molecule has 0 unspecified atom stereocenters. The van der Waals surface area contributed by atoms with Gasteiger partial charge in [-0.25, -0.2) is 10.4 Å². The van der Waals surface area contributed by atoms with Crippen molar-refractivity contribution in [3.05, 3.63) is 89.9 Å². The number of carbonyl (C=O) groups excluding carboxylic acids is 1. The van der Waals surface area contributed by atoms with Gasteiger partial charge in [0.05, 0.1) is 6.21 Å². The molecule has 4 rings (SSSR count). The fourth-order valence-electron chi connectivity index (χ4n) is 3.43. The third-order valence-corrected chi connectivity index (χ3v) is 4.85. The first-order valence-electron chi connectivity index (χ1n) is 9.66. The largest absolute Gasteiger partial charge is 0.483 e. The number of nitrogens with one attached hydrogen (secondary N) is 1. The molecular formula is C24H22N4O2. The number of hydrogen-bond donors (Lipinski definition) is 1. The van der Waals surface area contributed by atoms with Crippen molar-refractivity contribution in [2.45, 2.75) is 13.8 Å². The fraction of sp³-hybridized carbons (Fsp3) is 0.125. The quantitative estimate of drug-likeness (QED) is 0.391. The predicted molar refractivity (Wildman–Crippen MR) is 118 cm³/mol. The summed E-state index contributed by atoms with van der Waals surface area (Å²) in [6.07, 6.45) is 3.40. The Hall–Kier alpha value is -3.93. The van der Waals surface area contributed by atoms with E-state index in [1.807, 2.05) is 85.1 Å². The van der Waals surface area contributed by atoms with E-state index in [-0.39, 0.29) is 12.5 Å². The lowest BCUT2D eigenvalue weighted by atomic mass is 10.1. The monoisotopic (exact) mass is 398 g/mol. The standard InChI is InChI=1S/C24H22N4O2/c1-17-14-20(18(2)28(17)23-12-5-6-13-25-23)15-26-27-24(29)16-30-22-11-7-9-19-8-3-4-10-21(19)22/h3-15H,16H2,1-2H3,(H,27,29). The first kappa shape index (κ1) is 19.4. The number of aryl methyl sites for hydroxylation is 1. The molecule has 0 saturated heterocycles. The summed E-state index contributed by atoms with van der Waals surface area (Å²) >= 11 is 0. The van der Waals surface area contributed by atoms with Gasteiger partial charge in [0.25, 0.3) is 5.91 Å². The van der Waals surface area contributed by atoms with Gasteiger partial charge in [0.1, 0.15) is 11.6 Å². The minimum Gasteiger partial charge on any atom is -0.483 e. The second-order valence-corrected chi connectivity index (χ2v) is 6.91. The molecule has 0 bridgehead atoms. The molecule has 0 aliphatic heterocycles. The van der Waals surface area contributed by atoms with E-state index < -0.39 is 0 Å². The Kier molecular flexibility index (Phi) is 5.57. The Morgan fingerprint density at radius 1 is 1.10 bits per heavy atom. The molecule has 6 heteroatoms. The second-order valence-electron chi connectivity index (χ2n) is 6.91. The van der Waals surface area contributed by atoms with Gasteiger partial charge >= 0.3 is 0 Å². The highest BCUT2D eigenvalue weighted by molar-refractivity contribution is 5.89. The molecule has 2 aromatic carbocycles. The average Bonchev–Trinajstić information content (AvgIpc) is 3.06. The predicted octanol–water partition coefficient (Wildman–Crippen LogP) is 4.17. The molecule has 150 valence electrons. The Labute approximate surface area is 174 Å². The molecular weight excluding hydrogens is 376 g/mol. The zero-order chi connectivity index (χ0) is 20.9. The summed E-state index contributed by atoms with van der Waals surface area (Å²) in [6.45, 7) is 3.89. The third-order valence-electron chi connectivity index (χ3n) is 4.85. The van der Waals surface area contributed by atoms with E-state index in [0.717, 1.165) is 33.5 Å². The molecule has 0 atom stereocenters. The smallest absolute Gasteiger partial charge is 0.277 e. The molecule has 4 aromatic rings. The molecule has 0 aliphatic carbocycles. The topological polar surface area (TPSA) is 68.5 Å². The van der Waals surface area contributed by atoms with E-state index in [2.05, 4.69) is 15.5 Å². The van der Waals surface area contributed by atoms with Crippen LogP contribution in [0.5, 0.6) is 5.75 Å². The maximum Gasteiger partial charge on any atom is 0.277 e. The molecule has 0 aliphatic rings. The maximum atomic E-state index is 12.2. The number of fused-ring (bicyclic) bond motifs is 1. The second kappa shape index (κ2) is 8.61. The highest BCUT2D eigenvalue weighted by atomic mass is 16.5. The van der Waals surface area contributed by atoms with E-state index in [1.54, 1.807) is 12.4 Å². The van der Waals surface area contributed by atoms with Crippen LogP contribution in [0.1, 0.15) is 17.0 Å². The zero-order valence-electron chi connectivity index (χ0n) is 16.9. The van der Waals surface area contributed by atoms with Gasteiger partial charge in [-0.1, -0.05) is 42.5 Å². The summed E-state index contributed by atoms with van der Waals surface area (Å²) in [5, 5.41) is 6.12. The molecule has 1 N–H and O–H groups in total. The van der Waals surface area contributed by atoms with Crippen molar-refractivity contribution in [3.8, 4) is 11.6 Å². The van der Waals surface area contributed by atoms with Crippen molar-refractivity contribution >= 4 is 22.9 Å². The van der Waals surface area contributed by atoms with E-state index in [0.29, 0.717) is 5.75 Å². The Morgan fingerprint density at radius 2 is 1.90 bits per heavy atom. The first-order chi connectivity index (χ1) is 14.6. The number of hydrazone groups is 1. The normalized spacial score (nSPS) is 11.1. The van der Waals surface area contributed by atoms with Gasteiger partial charge in [0.15, 0.2) is 6.61 Å². The minimum atomic E-state index is -0.322. The Bertz CT molecular complexity index is 1210. The molecule has 0 spiro atoms. The van der Waals surface area contributed by atoms with Crippen LogP contribution >= 0.6 is 0 Å². The van der Waals surface area contributed by atoms with Crippen molar-refractivity contribution in [2.24, 2.45) is 5.10 Å². The molecule has 6 nitrogen and oxygen atoms in total. The van der Waals surface area contributed by atoms with Crippen LogP contribution in [0.3, 0.4) is 0 Å².